The van der Waals surface area contributed by atoms with Gasteiger partial charge in [-0.2, -0.15) is 0 Å². The Bertz CT molecular complexity index is 537. The summed E-state index contributed by atoms with van der Waals surface area (Å²) in [6.45, 7) is 2.72. The molecule has 1 aromatic carbocycles. The number of sulfone groups is 1. The zero-order valence-corrected chi connectivity index (χ0v) is 11.8. The largest absolute Gasteiger partial charge is 0.291 e. The molecule has 6 heteroatoms. The summed E-state index contributed by atoms with van der Waals surface area (Å²) < 4.78 is 34.8. The number of carbonyl (C=O) groups is 1. The van der Waals surface area contributed by atoms with Crippen molar-refractivity contribution in [2.24, 2.45) is 0 Å². The van der Waals surface area contributed by atoms with Crippen LogP contribution in [0.15, 0.2) is 24.3 Å². The third-order valence-corrected chi connectivity index (χ3v) is 6.41. The van der Waals surface area contributed by atoms with Crippen LogP contribution in [0.1, 0.15) is 24.2 Å². The van der Waals surface area contributed by atoms with Gasteiger partial charge in [-0.3, -0.25) is 4.79 Å². The van der Waals surface area contributed by atoms with Crippen molar-refractivity contribution in [2.45, 2.75) is 17.5 Å². The first-order chi connectivity index (χ1) is 7.72. The van der Waals surface area contributed by atoms with Crippen LogP contribution in [0.2, 0.25) is 0 Å². The van der Waals surface area contributed by atoms with Gasteiger partial charge in [0.2, 0.25) is 0 Å². The van der Waals surface area contributed by atoms with Crippen LogP contribution < -0.4 is 0 Å². The third kappa shape index (κ3) is 2.74. The van der Waals surface area contributed by atoms with Crippen molar-refractivity contribution < 1.29 is 17.6 Å². The van der Waals surface area contributed by atoms with E-state index in [4.69, 9.17) is 0 Å². The van der Waals surface area contributed by atoms with Gasteiger partial charge in [0, 0.05) is 11.3 Å². The van der Waals surface area contributed by atoms with E-state index >= 15 is 0 Å². The summed E-state index contributed by atoms with van der Waals surface area (Å²) in [5.74, 6) is -1.41. The van der Waals surface area contributed by atoms with Crippen molar-refractivity contribution >= 4 is 31.6 Å². The maximum atomic E-state index is 13.0. The Morgan fingerprint density at radius 1 is 1.47 bits per heavy atom. The topological polar surface area (TPSA) is 51.2 Å². The molecule has 0 bridgehead atoms. The Hall–Kier alpha value is -0.750. The minimum absolute atomic E-state index is 0.0291. The third-order valence-electron chi connectivity index (χ3n) is 2.46. The molecular weight excluding hydrogens is 311 g/mol. The molecule has 0 N–H and O–H groups in total. The minimum atomic E-state index is -3.61. The lowest BCUT2D eigenvalue weighted by atomic mass is 10.1. The lowest BCUT2D eigenvalue weighted by Crippen LogP contribution is -2.38. The molecule has 1 atom stereocenters. The molecule has 0 unspecified atom stereocenters. The number of rotatable bonds is 4. The normalized spacial score (nSPS) is 15.3. The second-order valence-corrected chi connectivity index (χ2v) is 8.39. The van der Waals surface area contributed by atoms with E-state index in [9.17, 15) is 17.6 Å². The van der Waals surface area contributed by atoms with Gasteiger partial charge in [0.05, 0.1) is 0 Å². The Balaban J connectivity index is 3.23. The molecule has 0 aliphatic carbocycles. The standard InChI is InChI=1S/C11H12BrFO3S/c1-3-17(15,16)11(2,12)10(14)8-5-4-6-9(13)7-8/h4-7H,3H2,1-2H3/t11-/m1/s1. The summed E-state index contributed by atoms with van der Waals surface area (Å²) in [6.07, 6.45) is 0. The minimum Gasteiger partial charge on any atom is -0.291 e. The Morgan fingerprint density at radius 3 is 2.53 bits per heavy atom. The SMILES string of the molecule is CCS(=O)(=O)[C@@](C)(Br)C(=O)c1cccc(F)c1. The number of hydrogen-bond acceptors (Lipinski definition) is 3. The van der Waals surface area contributed by atoms with Crippen LogP contribution in [-0.4, -0.2) is 23.6 Å². The van der Waals surface area contributed by atoms with Gasteiger partial charge in [-0.15, -0.1) is 0 Å². The molecule has 94 valence electrons. The van der Waals surface area contributed by atoms with Crippen molar-refractivity contribution in [2.75, 3.05) is 5.75 Å². The fraction of sp³-hybridized carbons (Fsp3) is 0.364. The number of ketones is 1. The maximum Gasteiger partial charge on any atom is 0.194 e. The smallest absolute Gasteiger partial charge is 0.194 e. The highest BCUT2D eigenvalue weighted by Crippen LogP contribution is 2.30. The van der Waals surface area contributed by atoms with E-state index in [2.05, 4.69) is 15.9 Å². The van der Waals surface area contributed by atoms with Crippen LogP contribution in [0, 0.1) is 5.82 Å². The molecule has 0 fully saturated rings. The molecule has 1 aromatic rings. The fourth-order valence-corrected chi connectivity index (χ4v) is 3.16. The number of benzene rings is 1. The molecule has 0 radical (unpaired) electrons. The van der Waals surface area contributed by atoms with E-state index in [0.717, 1.165) is 6.07 Å². The second-order valence-electron chi connectivity index (χ2n) is 3.66. The Morgan fingerprint density at radius 2 is 2.06 bits per heavy atom. The van der Waals surface area contributed by atoms with Crippen molar-refractivity contribution in [1.82, 2.24) is 0 Å². The lowest BCUT2D eigenvalue weighted by molar-refractivity contribution is 0.0982. The van der Waals surface area contributed by atoms with Gasteiger partial charge in [0.25, 0.3) is 0 Å². The maximum absolute atomic E-state index is 13.0. The summed E-state index contributed by atoms with van der Waals surface area (Å²) in [5, 5.41) is 0. The van der Waals surface area contributed by atoms with E-state index in [1.165, 1.54) is 32.0 Å². The molecule has 0 aliphatic heterocycles. The Labute approximate surface area is 108 Å². The second kappa shape index (κ2) is 4.86. The molecule has 0 heterocycles. The molecule has 0 amide bonds. The zero-order chi connectivity index (χ0) is 13.3. The molecule has 1 rings (SSSR count). The van der Waals surface area contributed by atoms with Crippen LogP contribution in [0.3, 0.4) is 0 Å². The van der Waals surface area contributed by atoms with Gasteiger partial charge in [0.15, 0.2) is 19.3 Å². The van der Waals surface area contributed by atoms with Gasteiger partial charge in [-0.1, -0.05) is 35.0 Å². The number of hydrogen-bond donors (Lipinski definition) is 0. The highest BCUT2D eigenvalue weighted by molar-refractivity contribution is 9.12. The number of alkyl halides is 1. The van der Waals surface area contributed by atoms with Gasteiger partial charge in [-0.25, -0.2) is 12.8 Å². The van der Waals surface area contributed by atoms with Crippen molar-refractivity contribution in [3.8, 4) is 0 Å². The summed E-state index contributed by atoms with van der Waals surface area (Å²) >= 11 is 2.93. The predicted molar refractivity (Wildman–Crippen MR) is 67.5 cm³/mol. The van der Waals surface area contributed by atoms with Crippen LogP contribution in [0.25, 0.3) is 0 Å². The molecule has 17 heavy (non-hydrogen) atoms. The average molecular weight is 323 g/mol. The summed E-state index contributed by atoms with van der Waals surface area (Å²) in [5.41, 5.74) is 0.0291. The van der Waals surface area contributed by atoms with E-state index < -0.39 is 25.1 Å². The highest BCUT2D eigenvalue weighted by Gasteiger charge is 2.42. The van der Waals surface area contributed by atoms with E-state index in [1.807, 2.05) is 0 Å². The van der Waals surface area contributed by atoms with Crippen molar-refractivity contribution in [3.05, 3.63) is 35.6 Å². The lowest BCUT2D eigenvalue weighted by Gasteiger charge is -2.20. The number of Topliss-reactive ketones (excluding diaryl/α,β-unsaturated/α-hetero) is 1. The molecule has 0 saturated carbocycles. The quantitative estimate of drug-likeness (QED) is 0.632. The van der Waals surface area contributed by atoms with Gasteiger partial charge in [-0.05, 0) is 19.1 Å². The molecule has 0 aliphatic rings. The van der Waals surface area contributed by atoms with E-state index in [0.29, 0.717) is 0 Å². The summed E-state index contributed by atoms with van der Waals surface area (Å²) in [6, 6.07) is 4.96. The number of halogens is 2. The van der Waals surface area contributed by atoms with Crippen LogP contribution in [0.5, 0.6) is 0 Å². The van der Waals surface area contributed by atoms with E-state index in [1.54, 1.807) is 0 Å². The summed E-state index contributed by atoms with van der Waals surface area (Å²) in [4.78, 5) is 12.0. The van der Waals surface area contributed by atoms with Crippen molar-refractivity contribution in [3.63, 3.8) is 0 Å². The van der Waals surface area contributed by atoms with Gasteiger partial charge < -0.3 is 0 Å². The van der Waals surface area contributed by atoms with E-state index in [-0.39, 0.29) is 11.3 Å². The number of carbonyl (C=O) groups excluding carboxylic acids is 1. The molecular formula is C11H12BrFO3S. The first-order valence-corrected chi connectivity index (χ1v) is 7.38. The molecule has 3 nitrogen and oxygen atoms in total. The molecule has 0 saturated heterocycles. The van der Waals surface area contributed by atoms with Crippen LogP contribution >= 0.6 is 15.9 Å². The zero-order valence-electron chi connectivity index (χ0n) is 9.41. The monoisotopic (exact) mass is 322 g/mol. The van der Waals surface area contributed by atoms with Crippen LogP contribution in [-0.2, 0) is 9.84 Å². The first-order valence-electron chi connectivity index (χ1n) is 4.94. The first kappa shape index (κ1) is 14.3. The average Bonchev–Trinajstić information content (AvgIpc) is 2.27. The van der Waals surface area contributed by atoms with Gasteiger partial charge >= 0.3 is 0 Å². The molecule has 0 aromatic heterocycles. The summed E-state index contributed by atoms with van der Waals surface area (Å²) in [7, 11) is -3.61. The predicted octanol–water partition coefficient (Wildman–Crippen LogP) is 2.55. The van der Waals surface area contributed by atoms with Crippen molar-refractivity contribution in [1.29, 1.82) is 0 Å². The van der Waals surface area contributed by atoms with Gasteiger partial charge in [0.1, 0.15) is 5.82 Å². The Kier molecular flexibility index (Phi) is 4.09. The fourth-order valence-electron chi connectivity index (χ4n) is 1.30. The van der Waals surface area contributed by atoms with Crippen LogP contribution in [0.4, 0.5) is 4.39 Å². The highest BCUT2D eigenvalue weighted by atomic mass is 79.9. The molecule has 0 spiro atoms.